The van der Waals surface area contributed by atoms with Crippen molar-refractivity contribution in [1.82, 2.24) is 4.98 Å². The number of aliphatic carboxylic acids is 1. The predicted octanol–water partition coefficient (Wildman–Crippen LogP) is 2.73. The average molecular weight is 298 g/mol. The molecule has 0 saturated carbocycles. The Morgan fingerprint density at radius 1 is 1.55 bits per heavy atom. The van der Waals surface area contributed by atoms with Crippen molar-refractivity contribution in [2.45, 2.75) is 39.0 Å². The van der Waals surface area contributed by atoms with Gasteiger partial charge in [0.2, 0.25) is 0 Å². The van der Waals surface area contributed by atoms with Crippen molar-refractivity contribution < 1.29 is 14.6 Å². The van der Waals surface area contributed by atoms with E-state index in [0.29, 0.717) is 25.5 Å². The molecule has 5 nitrogen and oxygen atoms in total. The number of fused-ring (bicyclic) bond motifs is 1. The SMILES string of the molecule is CC(C)CCOCCNc1nc2c(s1)CCC2C(=O)O. The Bertz CT molecular complexity index is 459. The lowest BCUT2D eigenvalue weighted by Gasteiger charge is -2.07. The summed E-state index contributed by atoms with van der Waals surface area (Å²) in [5.74, 6) is -0.519. The third-order valence-electron chi connectivity index (χ3n) is 3.38. The largest absolute Gasteiger partial charge is 0.481 e. The second-order valence-electron chi connectivity index (χ2n) is 5.48. The zero-order chi connectivity index (χ0) is 14.5. The zero-order valence-electron chi connectivity index (χ0n) is 12.0. The minimum absolute atomic E-state index is 0.418. The molecule has 2 N–H and O–H groups in total. The number of rotatable bonds is 8. The van der Waals surface area contributed by atoms with Crippen LogP contribution in [0.3, 0.4) is 0 Å². The molecular weight excluding hydrogens is 276 g/mol. The standard InChI is InChI=1S/C14H22N2O3S/c1-9(2)5-7-19-8-6-15-14-16-12-10(13(17)18)3-4-11(12)20-14/h9-10H,3-8H2,1-2H3,(H,15,16)(H,17,18). The highest BCUT2D eigenvalue weighted by Crippen LogP contribution is 2.38. The van der Waals surface area contributed by atoms with E-state index < -0.39 is 11.9 Å². The quantitative estimate of drug-likeness (QED) is 0.722. The molecule has 112 valence electrons. The molecule has 0 bridgehead atoms. The van der Waals surface area contributed by atoms with Gasteiger partial charge in [0.1, 0.15) is 5.92 Å². The molecule has 0 aliphatic heterocycles. The van der Waals surface area contributed by atoms with Crippen LogP contribution in [0, 0.1) is 5.92 Å². The number of carboxylic acids is 1. The Balaban J connectivity index is 1.73. The molecule has 0 spiro atoms. The summed E-state index contributed by atoms with van der Waals surface area (Å²) in [6.45, 7) is 6.51. The summed E-state index contributed by atoms with van der Waals surface area (Å²) in [6.07, 6.45) is 2.59. The number of carbonyl (C=O) groups is 1. The maximum absolute atomic E-state index is 11.1. The van der Waals surface area contributed by atoms with E-state index in [1.165, 1.54) is 0 Å². The van der Waals surface area contributed by atoms with Crippen molar-refractivity contribution in [2.75, 3.05) is 25.1 Å². The summed E-state index contributed by atoms with van der Waals surface area (Å²) in [6, 6.07) is 0. The maximum Gasteiger partial charge on any atom is 0.312 e. The van der Waals surface area contributed by atoms with Crippen molar-refractivity contribution in [2.24, 2.45) is 5.92 Å². The summed E-state index contributed by atoms with van der Waals surface area (Å²) in [4.78, 5) is 16.6. The van der Waals surface area contributed by atoms with Crippen LogP contribution in [0.4, 0.5) is 5.13 Å². The van der Waals surface area contributed by atoms with Crippen molar-refractivity contribution in [3.63, 3.8) is 0 Å². The second kappa shape index (κ2) is 7.04. The third kappa shape index (κ3) is 3.93. The van der Waals surface area contributed by atoms with Gasteiger partial charge in [0, 0.05) is 18.0 Å². The number of thiazole rings is 1. The van der Waals surface area contributed by atoms with Gasteiger partial charge in [-0.25, -0.2) is 4.98 Å². The van der Waals surface area contributed by atoms with Crippen LogP contribution < -0.4 is 5.32 Å². The van der Waals surface area contributed by atoms with E-state index in [1.807, 2.05) is 0 Å². The van der Waals surface area contributed by atoms with Gasteiger partial charge in [-0.1, -0.05) is 13.8 Å². The number of hydrogen-bond acceptors (Lipinski definition) is 5. The van der Waals surface area contributed by atoms with Crippen LogP contribution in [0.25, 0.3) is 0 Å². The average Bonchev–Trinajstić information content (AvgIpc) is 2.92. The number of carboxylic acid groups (broad SMARTS) is 1. The summed E-state index contributed by atoms with van der Waals surface area (Å²) in [7, 11) is 0. The molecule has 1 aliphatic carbocycles. The highest BCUT2D eigenvalue weighted by molar-refractivity contribution is 7.15. The number of aryl methyl sites for hydroxylation is 1. The molecule has 0 fully saturated rings. The van der Waals surface area contributed by atoms with E-state index in [2.05, 4.69) is 24.1 Å². The van der Waals surface area contributed by atoms with Crippen LogP contribution in [-0.4, -0.2) is 35.8 Å². The van der Waals surface area contributed by atoms with Crippen molar-refractivity contribution in [3.05, 3.63) is 10.6 Å². The normalized spacial score (nSPS) is 17.4. The minimum Gasteiger partial charge on any atom is -0.481 e. The predicted molar refractivity (Wildman–Crippen MR) is 79.6 cm³/mol. The van der Waals surface area contributed by atoms with Crippen LogP contribution in [0.15, 0.2) is 0 Å². The number of anilines is 1. The Kier molecular flexibility index (Phi) is 5.37. The molecule has 20 heavy (non-hydrogen) atoms. The molecule has 6 heteroatoms. The van der Waals surface area contributed by atoms with Gasteiger partial charge in [-0.3, -0.25) is 4.79 Å². The lowest BCUT2D eigenvalue weighted by Crippen LogP contribution is -2.12. The number of nitrogens with one attached hydrogen (secondary N) is 1. The van der Waals surface area contributed by atoms with E-state index in [4.69, 9.17) is 9.84 Å². The minimum atomic E-state index is -0.766. The number of ether oxygens (including phenoxy) is 1. The molecule has 1 unspecified atom stereocenters. The first-order valence-corrected chi connectivity index (χ1v) is 7.93. The van der Waals surface area contributed by atoms with Gasteiger partial charge in [-0.05, 0) is 25.2 Å². The van der Waals surface area contributed by atoms with E-state index >= 15 is 0 Å². The Hall–Kier alpha value is -1.14. The van der Waals surface area contributed by atoms with Gasteiger partial charge >= 0.3 is 5.97 Å². The smallest absolute Gasteiger partial charge is 0.312 e. The van der Waals surface area contributed by atoms with E-state index in [1.54, 1.807) is 11.3 Å². The molecule has 0 amide bonds. The Morgan fingerprint density at radius 3 is 3.05 bits per heavy atom. The monoisotopic (exact) mass is 298 g/mol. The molecule has 1 aliphatic rings. The zero-order valence-corrected chi connectivity index (χ0v) is 12.8. The highest BCUT2D eigenvalue weighted by Gasteiger charge is 2.32. The summed E-state index contributed by atoms with van der Waals surface area (Å²) < 4.78 is 5.52. The third-order valence-corrected chi connectivity index (χ3v) is 4.47. The van der Waals surface area contributed by atoms with Crippen molar-refractivity contribution in [3.8, 4) is 0 Å². The fraction of sp³-hybridized carbons (Fsp3) is 0.714. The first-order chi connectivity index (χ1) is 9.58. The van der Waals surface area contributed by atoms with Crippen LogP contribution >= 0.6 is 11.3 Å². The van der Waals surface area contributed by atoms with Crippen molar-refractivity contribution >= 4 is 22.4 Å². The van der Waals surface area contributed by atoms with E-state index in [0.717, 1.165) is 35.2 Å². The van der Waals surface area contributed by atoms with Crippen LogP contribution in [0.5, 0.6) is 0 Å². The van der Waals surface area contributed by atoms with Gasteiger partial charge in [0.05, 0.1) is 12.3 Å². The fourth-order valence-electron chi connectivity index (χ4n) is 2.19. The van der Waals surface area contributed by atoms with Gasteiger partial charge in [-0.15, -0.1) is 11.3 Å². The lowest BCUT2D eigenvalue weighted by atomic mass is 10.1. The summed E-state index contributed by atoms with van der Waals surface area (Å²) in [5.41, 5.74) is 0.755. The number of hydrogen-bond donors (Lipinski definition) is 2. The molecule has 0 saturated heterocycles. The van der Waals surface area contributed by atoms with E-state index in [-0.39, 0.29) is 0 Å². The first-order valence-electron chi connectivity index (χ1n) is 7.12. The fourth-order valence-corrected chi connectivity index (χ4v) is 3.26. The van der Waals surface area contributed by atoms with E-state index in [9.17, 15) is 4.79 Å². The molecule has 1 aromatic rings. The second-order valence-corrected chi connectivity index (χ2v) is 6.56. The Labute approximate surface area is 123 Å². The molecule has 0 radical (unpaired) electrons. The van der Waals surface area contributed by atoms with Gasteiger partial charge < -0.3 is 15.2 Å². The molecule has 1 aromatic heterocycles. The van der Waals surface area contributed by atoms with Gasteiger partial charge in [0.15, 0.2) is 5.13 Å². The Morgan fingerprint density at radius 2 is 2.35 bits per heavy atom. The summed E-state index contributed by atoms with van der Waals surface area (Å²) in [5, 5.41) is 13.1. The first kappa shape index (κ1) is 15.3. The lowest BCUT2D eigenvalue weighted by molar-refractivity contribution is -0.138. The summed E-state index contributed by atoms with van der Waals surface area (Å²) >= 11 is 1.57. The molecule has 1 heterocycles. The molecular formula is C14H22N2O3S. The molecule has 2 rings (SSSR count). The molecule has 1 atom stereocenters. The van der Waals surface area contributed by atoms with Crippen LogP contribution in [-0.2, 0) is 16.0 Å². The van der Waals surface area contributed by atoms with Crippen molar-refractivity contribution in [1.29, 1.82) is 0 Å². The maximum atomic E-state index is 11.1. The van der Waals surface area contributed by atoms with Gasteiger partial charge in [0.25, 0.3) is 0 Å². The van der Waals surface area contributed by atoms with Gasteiger partial charge in [-0.2, -0.15) is 0 Å². The number of aromatic nitrogens is 1. The topological polar surface area (TPSA) is 71.5 Å². The van der Waals surface area contributed by atoms with Crippen LogP contribution in [0.2, 0.25) is 0 Å². The number of nitrogens with zero attached hydrogens (tertiary/aromatic N) is 1. The highest BCUT2D eigenvalue weighted by atomic mass is 32.1. The molecule has 0 aromatic carbocycles. The van der Waals surface area contributed by atoms with Crippen LogP contribution in [0.1, 0.15) is 43.2 Å².